The van der Waals surface area contributed by atoms with E-state index in [9.17, 15) is 22.8 Å². The molecule has 2 aromatic rings. The molecule has 4 rings (SSSR count). The summed E-state index contributed by atoms with van der Waals surface area (Å²) in [6.45, 7) is 2.59. The Morgan fingerprint density at radius 1 is 1.28 bits per heavy atom. The van der Waals surface area contributed by atoms with Gasteiger partial charge in [-0.25, -0.2) is 0 Å². The van der Waals surface area contributed by atoms with Gasteiger partial charge in [0.2, 0.25) is 5.95 Å². The van der Waals surface area contributed by atoms with E-state index >= 15 is 0 Å². The summed E-state index contributed by atoms with van der Waals surface area (Å²) < 4.78 is 48.2. The molecule has 8 nitrogen and oxygen atoms in total. The molecular weight excluding hydrogens is 427 g/mol. The highest BCUT2D eigenvalue weighted by atomic mass is 19.4. The molecule has 0 aliphatic carbocycles. The minimum atomic E-state index is -4.57. The van der Waals surface area contributed by atoms with E-state index in [0.717, 1.165) is 4.90 Å². The van der Waals surface area contributed by atoms with E-state index in [2.05, 4.69) is 9.97 Å². The van der Waals surface area contributed by atoms with Gasteiger partial charge in [0.25, 0.3) is 5.56 Å². The third kappa shape index (κ3) is 4.62. The van der Waals surface area contributed by atoms with Crippen LogP contribution in [0.2, 0.25) is 0 Å². The fourth-order valence-electron chi connectivity index (χ4n) is 4.14. The highest BCUT2D eigenvalue weighted by Crippen LogP contribution is 2.34. The van der Waals surface area contributed by atoms with Crippen molar-refractivity contribution in [3.05, 3.63) is 46.5 Å². The van der Waals surface area contributed by atoms with Crippen LogP contribution >= 0.6 is 0 Å². The third-order valence-electron chi connectivity index (χ3n) is 5.72. The van der Waals surface area contributed by atoms with Gasteiger partial charge in [0.15, 0.2) is 5.78 Å². The topological polar surface area (TPSA) is 80.6 Å². The van der Waals surface area contributed by atoms with Gasteiger partial charge in [0.1, 0.15) is 11.9 Å². The van der Waals surface area contributed by atoms with Crippen molar-refractivity contribution in [2.75, 3.05) is 36.1 Å². The van der Waals surface area contributed by atoms with Crippen molar-refractivity contribution >= 4 is 17.5 Å². The number of ether oxygens (including phenoxy) is 1. The molecule has 0 saturated carbocycles. The first-order chi connectivity index (χ1) is 15.2. The lowest BCUT2D eigenvalue weighted by atomic mass is 10.1. The van der Waals surface area contributed by atoms with Gasteiger partial charge in [0.05, 0.1) is 32.2 Å². The number of alkyl halides is 3. The molecule has 2 aliphatic heterocycles. The number of ketones is 1. The standard InChI is InChI=1S/C21H24F3N5O3/c1-14-13-32-9-8-27(14)18-11-19(31)28-7-5-17(21(22,23)24)29(20(28)26-18)12-16(30)10-15-4-2-3-6-25-15/h2-4,6,11,14,17H,5,7-10,12-13H2,1H3/t14-,17+/m1/s1. The van der Waals surface area contributed by atoms with Crippen LogP contribution in [0.15, 0.2) is 35.3 Å². The van der Waals surface area contributed by atoms with Crippen molar-refractivity contribution in [3.8, 4) is 0 Å². The third-order valence-corrected chi connectivity index (χ3v) is 5.72. The second-order valence-electron chi connectivity index (χ2n) is 8.03. The van der Waals surface area contributed by atoms with Gasteiger partial charge in [-0.2, -0.15) is 18.2 Å². The number of Topliss-reactive ketones (excluding diaryl/α,β-unsaturated/α-hetero) is 1. The predicted octanol–water partition coefficient (Wildman–Crippen LogP) is 1.82. The first-order valence-corrected chi connectivity index (χ1v) is 10.5. The zero-order valence-corrected chi connectivity index (χ0v) is 17.6. The maximum absolute atomic E-state index is 13.9. The maximum Gasteiger partial charge on any atom is 0.408 e. The van der Waals surface area contributed by atoms with Gasteiger partial charge in [-0.05, 0) is 25.5 Å². The van der Waals surface area contributed by atoms with Crippen LogP contribution in [0.4, 0.5) is 24.9 Å². The Kier molecular flexibility index (Phi) is 6.18. The number of morpholine rings is 1. The molecule has 1 fully saturated rings. The Hall–Kier alpha value is -2.95. The number of hydrogen-bond donors (Lipinski definition) is 0. The molecule has 11 heteroatoms. The molecule has 32 heavy (non-hydrogen) atoms. The van der Waals surface area contributed by atoms with Gasteiger partial charge < -0.3 is 14.5 Å². The number of hydrogen-bond acceptors (Lipinski definition) is 7. The number of aromatic nitrogens is 3. The Balaban J connectivity index is 1.69. The molecule has 4 heterocycles. The molecule has 172 valence electrons. The number of carbonyl (C=O) groups is 1. The van der Waals surface area contributed by atoms with Gasteiger partial charge in [-0.15, -0.1) is 0 Å². The summed E-state index contributed by atoms with van der Waals surface area (Å²) in [5.74, 6) is -0.276. The summed E-state index contributed by atoms with van der Waals surface area (Å²) in [6, 6.07) is 4.40. The first kappa shape index (κ1) is 22.3. The summed E-state index contributed by atoms with van der Waals surface area (Å²) in [7, 11) is 0. The second-order valence-corrected chi connectivity index (χ2v) is 8.03. The number of halogens is 3. The highest BCUT2D eigenvalue weighted by Gasteiger charge is 2.47. The lowest BCUT2D eigenvalue weighted by Crippen LogP contribution is -2.54. The molecule has 0 N–H and O–H groups in total. The highest BCUT2D eigenvalue weighted by molar-refractivity contribution is 5.85. The maximum atomic E-state index is 13.9. The molecular formula is C21H24F3N5O3. The van der Waals surface area contributed by atoms with Crippen molar-refractivity contribution in [3.63, 3.8) is 0 Å². The number of pyridine rings is 1. The van der Waals surface area contributed by atoms with Crippen LogP contribution in [-0.4, -0.2) is 64.9 Å². The van der Waals surface area contributed by atoms with Gasteiger partial charge in [0, 0.05) is 31.0 Å². The summed E-state index contributed by atoms with van der Waals surface area (Å²) in [5, 5.41) is 0. The number of rotatable bonds is 5. The average Bonchev–Trinajstić information content (AvgIpc) is 2.74. The van der Waals surface area contributed by atoms with Crippen molar-refractivity contribution in [2.45, 2.75) is 44.6 Å². The predicted molar refractivity (Wildman–Crippen MR) is 111 cm³/mol. The summed E-state index contributed by atoms with van der Waals surface area (Å²) in [4.78, 5) is 36.8. The van der Waals surface area contributed by atoms with Crippen molar-refractivity contribution < 1.29 is 22.7 Å². The van der Waals surface area contributed by atoms with Crippen molar-refractivity contribution in [1.82, 2.24) is 14.5 Å². The first-order valence-electron chi connectivity index (χ1n) is 10.5. The van der Waals surface area contributed by atoms with Crippen molar-refractivity contribution in [1.29, 1.82) is 0 Å². The Bertz CT molecular complexity index is 1030. The number of fused-ring (bicyclic) bond motifs is 1. The Labute approximate surface area is 182 Å². The van der Waals surface area contributed by atoms with Gasteiger partial charge in [-0.3, -0.25) is 19.1 Å². The SMILES string of the molecule is C[C@@H]1COCCN1c1cc(=O)n2c(n1)N(CC(=O)Cc1ccccn1)[C@H](C(F)(F)F)CC2. The molecule has 2 aliphatic rings. The second kappa shape index (κ2) is 8.89. The fraction of sp³-hybridized carbons (Fsp3) is 0.524. The molecule has 0 aromatic carbocycles. The normalized spacial score (nSPS) is 21.4. The Morgan fingerprint density at radius 3 is 2.78 bits per heavy atom. The van der Waals surface area contributed by atoms with E-state index in [4.69, 9.17) is 4.74 Å². The summed E-state index contributed by atoms with van der Waals surface area (Å²) in [5.41, 5.74) is 0.0331. The van der Waals surface area contributed by atoms with Crippen LogP contribution in [0.25, 0.3) is 0 Å². The molecule has 0 unspecified atom stereocenters. The van der Waals surface area contributed by atoms with Gasteiger partial charge in [-0.1, -0.05) is 6.07 Å². The number of carbonyl (C=O) groups excluding carboxylic acids is 1. The van der Waals surface area contributed by atoms with Crippen LogP contribution in [0.5, 0.6) is 0 Å². The largest absolute Gasteiger partial charge is 0.408 e. The monoisotopic (exact) mass is 451 g/mol. The van der Waals surface area contributed by atoms with E-state index in [1.165, 1.54) is 16.8 Å². The lowest BCUT2D eigenvalue weighted by molar-refractivity contribution is -0.153. The van der Waals surface area contributed by atoms with E-state index < -0.39 is 30.1 Å². The molecule has 0 bridgehead atoms. The van der Waals surface area contributed by atoms with Crippen LogP contribution in [-0.2, 0) is 22.5 Å². The molecule has 2 aromatic heterocycles. The average molecular weight is 451 g/mol. The van der Waals surface area contributed by atoms with E-state index in [0.29, 0.717) is 31.3 Å². The molecule has 0 spiro atoms. The Morgan fingerprint density at radius 2 is 2.09 bits per heavy atom. The van der Waals surface area contributed by atoms with Crippen LogP contribution in [0.1, 0.15) is 19.0 Å². The van der Waals surface area contributed by atoms with Crippen LogP contribution in [0.3, 0.4) is 0 Å². The van der Waals surface area contributed by atoms with E-state index in [1.807, 2.05) is 11.8 Å². The molecule has 1 saturated heterocycles. The van der Waals surface area contributed by atoms with Crippen LogP contribution < -0.4 is 15.4 Å². The minimum absolute atomic E-state index is 0.0834. The van der Waals surface area contributed by atoms with Gasteiger partial charge >= 0.3 is 6.18 Å². The number of anilines is 2. The summed E-state index contributed by atoms with van der Waals surface area (Å²) in [6.07, 6.45) is -3.49. The zero-order valence-electron chi connectivity index (χ0n) is 17.6. The smallest absolute Gasteiger partial charge is 0.377 e. The molecule has 2 atom stereocenters. The number of nitrogens with zero attached hydrogens (tertiary/aromatic N) is 5. The zero-order chi connectivity index (χ0) is 22.9. The lowest BCUT2D eigenvalue weighted by Gasteiger charge is -2.40. The van der Waals surface area contributed by atoms with E-state index in [1.54, 1.807) is 18.2 Å². The molecule has 0 amide bonds. The quantitative estimate of drug-likeness (QED) is 0.686. The fourth-order valence-corrected chi connectivity index (χ4v) is 4.14. The minimum Gasteiger partial charge on any atom is -0.377 e. The van der Waals surface area contributed by atoms with E-state index in [-0.39, 0.29) is 31.4 Å². The molecule has 0 radical (unpaired) electrons. The summed E-state index contributed by atoms with van der Waals surface area (Å²) >= 11 is 0. The van der Waals surface area contributed by atoms with Crippen molar-refractivity contribution in [2.24, 2.45) is 0 Å². The van der Waals surface area contributed by atoms with Crippen LogP contribution in [0, 0.1) is 0 Å².